The topological polar surface area (TPSA) is 63.5 Å². The van der Waals surface area contributed by atoms with Crippen LogP contribution in [0.2, 0.25) is 0 Å². The number of hydrogen-bond donors (Lipinski definition) is 0. The van der Waals surface area contributed by atoms with Crippen LogP contribution in [0.1, 0.15) is 62.1 Å². The van der Waals surface area contributed by atoms with Gasteiger partial charge in [-0.1, -0.05) is 0 Å². The van der Waals surface area contributed by atoms with Gasteiger partial charge in [-0.3, -0.25) is 9.69 Å². The molecule has 2 saturated carbocycles. The Hall–Kier alpha value is -1.47. The van der Waals surface area contributed by atoms with Crippen molar-refractivity contribution in [3.63, 3.8) is 0 Å². The summed E-state index contributed by atoms with van der Waals surface area (Å²) in [5, 5.41) is 9.05. The number of carbonyl (C=O) groups excluding carboxylic acids is 1. The maximum absolute atomic E-state index is 12.9. The van der Waals surface area contributed by atoms with E-state index in [1.54, 1.807) is 0 Å². The number of aromatic nitrogens is 3. The second-order valence-corrected chi connectivity index (χ2v) is 7.92. The van der Waals surface area contributed by atoms with Crippen molar-refractivity contribution in [3.05, 3.63) is 11.6 Å². The van der Waals surface area contributed by atoms with Crippen LogP contribution in [0.5, 0.6) is 0 Å². The molecule has 7 heteroatoms. The molecule has 0 radical (unpaired) electrons. The third-order valence-corrected chi connectivity index (χ3v) is 5.96. The minimum absolute atomic E-state index is 0.00632. The van der Waals surface area contributed by atoms with E-state index in [1.807, 2.05) is 4.90 Å². The molecule has 5 rings (SSSR count). The highest BCUT2D eigenvalue weighted by Crippen LogP contribution is 2.45. The lowest BCUT2D eigenvalue weighted by Gasteiger charge is -2.32. The lowest BCUT2D eigenvalue weighted by Crippen LogP contribution is -2.49. The first-order chi connectivity index (χ1) is 12.3. The maximum atomic E-state index is 12.9. The summed E-state index contributed by atoms with van der Waals surface area (Å²) in [7, 11) is 0. The van der Waals surface area contributed by atoms with Crippen molar-refractivity contribution >= 4 is 5.91 Å². The summed E-state index contributed by atoms with van der Waals surface area (Å²) >= 11 is 0. The Morgan fingerprint density at radius 1 is 1.04 bits per heavy atom. The van der Waals surface area contributed by atoms with Gasteiger partial charge in [-0.15, -0.1) is 10.2 Å². The molecule has 7 nitrogen and oxygen atoms in total. The Labute approximate surface area is 148 Å². The van der Waals surface area contributed by atoms with E-state index >= 15 is 0 Å². The number of nitrogens with zero attached hydrogens (tertiary/aromatic N) is 5. The quantitative estimate of drug-likeness (QED) is 0.805. The van der Waals surface area contributed by atoms with E-state index in [9.17, 15) is 4.79 Å². The fourth-order valence-corrected chi connectivity index (χ4v) is 4.27. The van der Waals surface area contributed by atoms with Gasteiger partial charge in [0.05, 0.1) is 25.8 Å². The Balaban J connectivity index is 1.32. The zero-order chi connectivity index (χ0) is 16.8. The Morgan fingerprint density at radius 3 is 2.56 bits per heavy atom. The summed E-state index contributed by atoms with van der Waals surface area (Å²) in [6.45, 7) is 4.53. The summed E-state index contributed by atoms with van der Waals surface area (Å²) in [5.41, 5.74) is 0. The van der Waals surface area contributed by atoms with Crippen LogP contribution in [0, 0.1) is 0 Å². The Bertz CT molecular complexity index is 646. The molecule has 0 spiro atoms. The van der Waals surface area contributed by atoms with Crippen LogP contribution >= 0.6 is 0 Å². The average molecular weight is 345 g/mol. The normalized spacial score (nSPS) is 27.8. The second-order valence-electron chi connectivity index (χ2n) is 7.92. The van der Waals surface area contributed by atoms with Crippen molar-refractivity contribution < 1.29 is 9.53 Å². The molecule has 136 valence electrons. The highest BCUT2D eigenvalue weighted by atomic mass is 16.5. The van der Waals surface area contributed by atoms with Crippen molar-refractivity contribution in [1.29, 1.82) is 0 Å². The van der Waals surface area contributed by atoms with Gasteiger partial charge in [0.15, 0.2) is 0 Å². The summed E-state index contributed by atoms with van der Waals surface area (Å²) in [5.74, 6) is 3.19. The van der Waals surface area contributed by atoms with E-state index in [0.29, 0.717) is 25.2 Å². The van der Waals surface area contributed by atoms with Gasteiger partial charge in [0.1, 0.15) is 11.6 Å². The molecule has 0 N–H and O–H groups in total. The fourth-order valence-electron chi connectivity index (χ4n) is 4.27. The number of carbonyl (C=O) groups is 1. The van der Waals surface area contributed by atoms with Gasteiger partial charge in [-0.05, 0) is 45.1 Å². The third-order valence-electron chi connectivity index (χ3n) is 5.96. The summed E-state index contributed by atoms with van der Waals surface area (Å²) in [4.78, 5) is 17.3. The molecular formula is C18H27N5O2. The van der Waals surface area contributed by atoms with Gasteiger partial charge < -0.3 is 14.2 Å². The summed E-state index contributed by atoms with van der Waals surface area (Å²) < 4.78 is 7.79. The number of ether oxygens (including phenoxy) is 1. The molecule has 1 amide bonds. The molecule has 1 aromatic rings. The number of hydrogen-bond acceptors (Lipinski definition) is 5. The van der Waals surface area contributed by atoms with E-state index in [-0.39, 0.29) is 11.9 Å². The standard InChI is InChI=1S/C18H27N5O2/c24-18(21-8-10-25-11-9-21)15-2-1-7-22(15)12-16-19-20-17(13-3-4-13)23(16)14-5-6-14/h13-15H,1-12H2/t15-/m1/s1. The zero-order valence-corrected chi connectivity index (χ0v) is 14.8. The molecule has 4 aliphatic rings. The minimum Gasteiger partial charge on any atom is -0.378 e. The van der Waals surface area contributed by atoms with Crippen LogP contribution in [0.3, 0.4) is 0 Å². The average Bonchev–Trinajstić information content (AvgIpc) is 3.58. The van der Waals surface area contributed by atoms with Gasteiger partial charge in [0.2, 0.25) is 5.91 Å². The van der Waals surface area contributed by atoms with E-state index < -0.39 is 0 Å². The first-order valence-electron chi connectivity index (χ1n) is 9.85. The summed E-state index contributed by atoms with van der Waals surface area (Å²) in [6.07, 6.45) is 7.07. The number of rotatable bonds is 5. The molecular weight excluding hydrogens is 318 g/mol. The SMILES string of the molecule is O=C([C@H]1CCCN1Cc1nnc(C2CC2)n1C1CC1)N1CCOCC1. The Kier molecular flexibility index (Phi) is 4.01. The Morgan fingerprint density at radius 2 is 1.84 bits per heavy atom. The molecule has 1 atom stereocenters. The van der Waals surface area contributed by atoms with Gasteiger partial charge in [-0.2, -0.15) is 0 Å². The van der Waals surface area contributed by atoms with Gasteiger partial charge >= 0.3 is 0 Å². The largest absolute Gasteiger partial charge is 0.378 e. The lowest BCUT2D eigenvalue weighted by atomic mass is 10.2. The van der Waals surface area contributed by atoms with E-state index in [1.165, 1.54) is 31.5 Å². The van der Waals surface area contributed by atoms with Crippen molar-refractivity contribution in [1.82, 2.24) is 24.6 Å². The molecule has 2 aliphatic heterocycles. The third kappa shape index (κ3) is 3.08. The minimum atomic E-state index is 0.00632. The predicted molar refractivity (Wildman–Crippen MR) is 91.1 cm³/mol. The first kappa shape index (κ1) is 15.8. The fraction of sp³-hybridized carbons (Fsp3) is 0.833. The van der Waals surface area contributed by atoms with E-state index in [0.717, 1.165) is 44.8 Å². The van der Waals surface area contributed by atoms with E-state index in [2.05, 4.69) is 19.7 Å². The van der Waals surface area contributed by atoms with Crippen LogP contribution in [-0.2, 0) is 16.1 Å². The van der Waals surface area contributed by atoms with Crippen molar-refractivity contribution in [2.24, 2.45) is 0 Å². The molecule has 25 heavy (non-hydrogen) atoms. The van der Waals surface area contributed by atoms with Crippen LogP contribution in [0.25, 0.3) is 0 Å². The molecule has 0 aromatic carbocycles. The van der Waals surface area contributed by atoms with Gasteiger partial charge in [0, 0.05) is 25.0 Å². The molecule has 2 aliphatic carbocycles. The van der Waals surface area contributed by atoms with Gasteiger partial charge in [0.25, 0.3) is 0 Å². The monoisotopic (exact) mass is 345 g/mol. The predicted octanol–water partition coefficient (Wildman–Crippen LogP) is 1.31. The highest BCUT2D eigenvalue weighted by molar-refractivity contribution is 5.82. The van der Waals surface area contributed by atoms with Crippen LogP contribution in [-0.4, -0.2) is 69.4 Å². The highest BCUT2D eigenvalue weighted by Gasteiger charge is 2.39. The second kappa shape index (κ2) is 6.36. The van der Waals surface area contributed by atoms with Crippen LogP contribution < -0.4 is 0 Å². The molecule has 0 bridgehead atoms. The maximum Gasteiger partial charge on any atom is 0.240 e. The van der Waals surface area contributed by atoms with Crippen LogP contribution in [0.15, 0.2) is 0 Å². The zero-order valence-electron chi connectivity index (χ0n) is 14.8. The van der Waals surface area contributed by atoms with Crippen molar-refractivity contribution in [2.45, 2.75) is 63.1 Å². The smallest absolute Gasteiger partial charge is 0.240 e. The summed E-state index contributed by atoms with van der Waals surface area (Å²) in [6, 6.07) is 0.614. The number of likely N-dealkylation sites (tertiary alicyclic amines) is 1. The molecule has 1 aromatic heterocycles. The molecule has 3 heterocycles. The number of amides is 1. The lowest BCUT2D eigenvalue weighted by molar-refractivity contribution is -0.140. The van der Waals surface area contributed by atoms with Gasteiger partial charge in [-0.25, -0.2) is 0 Å². The number of morpholine rings is 1. The van der Waals surface area contributed by atoms with Crippen molar-refractivity contribution in [2.75, 3.05) is 32.8 Å². The first-order valence-corrected chi connectivity index (χ1v) is 9.85. The van der Waals surface area contributed by atoms with E-state index in [4.69, 9.17) is 4.74 Å². The molecule has 2 saturated heterocycles. The van der Waals surface area contributed by atoms with Crippen LogP contribution in [0.4, 0.5) is 0 Å². The molecule has 4 fully saturated rings. The van der Waals surface area contributed by atoms with Crippen molar-refractivity contribution in [3.8, 4) is 0 Å². The molecule has 0 unspecified atom stereocenters.